The summed E-state index contributed by atoms with van der Waals surface area (Å²) in [5.41, 5.74) is 1.10. The highest BCUT2D eigenvalue weighted by atomic mass is 19.1. The van der Waals surface area contributed by atoms with E-state index in [1.165, 1.54) is 14.0 Å². The molecule has 0 amide bonds. The van der Waals surface area contributed by atoms with Crippen LogP contribution in [0.1, 0.15) is 37.3 Å². The molecule has 2 atom stereocenters. The maximum absolute atomic E-state index is 13.2. The molecule has 2 unspecified atom stereocenters. The van der Waals surface area contributed by atoms with Gasteiger partial charge in [0.1, 0.15) is 11.9 Å². The van der Waals surface area contributed by atoms with Gasteiger partial charge in [-0.25, -0.2) is 4.39 Å². The van der Waals surface area contributed by atoms with Gasteiger partial charge < -0.3 is 9.84 Å². The highest BCUT2D eigenvalue weighted by Gasteiger charge is 2.16. The van der Waals surface area contributed by atoms with Crippen LogP contribution in [0.5, 0.6) is 5.75 Å². The van der Waals surface area contributed by atoms with Crippen LogP contribution in [0.15, 0.2) is 18.2 Å². The summed E-state index contributed by atoms with van der Waals surface area (Å²) in [5.74, 6) is 0.442. The molecule has 1 rings (SSSR count). The summed E-state index contributed by atoms with van der Waals surface area (Å²) in [5, 5.41) is 9.44. The Bertz CT molecular complexity index is 282. The van der Waals surface area contributed by atoms with E-state index in [0.29, 0.717) is 16.9 Å². The van der Waals surface area contributed by atoms with Crippen LogP contribution in [-0.2, 0) is 0 Å². The van der Waals surface area contributed by atoms with Crippen LogP contribution in [0.25, 0.3) is 0 Å². The number of para-hydroxylation sites is 1. The molecule has 0 saturated carbocycles. The van der Waals surface area contributed by atoms with Gasteiger partial charge in [0.25, 0.3) is 0 Å². The number of rotatable bonds is 3. The molecule has 0 spiro atoms. The molecule has 0 aliphatic rings. The molecule has 0 aliphatic carbocycles. The van der Waals surface area contributed by atoms with Crippen molar-refractivity contribution in [2.75, 3.05) is 7.11 Å². The third-order valence-corrected chi connectivity index (χ3v) is 2.16. The highest BCUT2D eigenvalue weighted by Crippen LogP contribution is 2.33. The lowest BCUT2D eigenvalue weighted by molar-refractivity contribution is 0.193. The van der Waals surface area contributed by atoms with Crippen LogP contribution in [0, 0.1) is 0 Å². The second kappa shape index (κ2) is 4.42. The predicted octanol–water partition coefficient (Wildman–Crippen LogP) is 2.78. The second-order valence-corrected chi connectivity index (χ2v) is 3.26. The summed E-state index contributed by atoms with van der Waals surface area (Å²) in [6, 6.07) is 5.11. The maximum Gasteiger partial charge on any atom is 0.130 e. The first-order valence-electron chi connectivity index (χ1n) is 4.56. The third kappa shape index (κ3) is 2.04. The Morgan fingerprint density at radius 3 is 2.29 bits per heavy atom. The van der Waals surface area contributed by atoms with Gasteiger partial charge in [-0.05, 0) is 13.8 Å². The Morgan fingerprint density at radius 1 is 1.29 bits per heavy atom. The number of benzene rings is 1. The number of hydrogen-bond donors (Lipinski definition) is 1. The first-order chi connectivity index (χ1) is 6.57. The van der Waals surface area contributed by atoms with Gasteiger partial charge in [0.2, 0.25) is 0 Å². The lowest BCUT2D eigenvalue weighted by Gasteiger charge is -2.15. The van der Waals surface area contributed by atoms with Gasteiger partial charge in [0.15, 0.2) is 0 Å². The minimum atomic E-state index is -1.09. The van der Waals surface area contributed by atoms with Crippen molar-refractivity contribution in [3.63, 3.8) is 0 Å². The predicted molar refractivity (Wildman–Crippen MR) is 53.2 cm³/mol. The lowest BCUT2D eigenvalue weighted by atomic mass is 10.0. The van der Waals surface area contributed by atoms with E-state index in [-0.39, 0.29) is 0 Å². The summed E-state index contributed by atoms with van der Waals surface area (Å²) in [6.45, 7) is 3.08. The van der Waals surface area contributed by atoms with E-state index in [9.17, 15) is 9.50 Å². The van der Waals surface area contributed by atoms with Gasteiger partial charge in [0.05, 0.1) is 13.2 Å². The molecule has 0 heterocycles. The third-order valence-electron chi connectivity index (χ3n) is 2.16. The van der Waals surface area contributed by atoms with Gasteiger partial charge in [-0.15, -0.1) is 0 Å². The van der Waals surface area contributed by atoms with Crippen LogP contribution in [0.3, 0.4) is 0 Å². The molecule has 0 saturated heterocycles. The quantitative estimate of drug-likeness (QED) is 0.809. The van der Waals surface area contributed by atoms with Gasteiger partial charge in [-0.2, -0.15) is 0 Å². The van der Waals surface area contributed by atoms with Crippen LogP contribution in [-0.4, -0.2) is 12.2 Å². The Hall–Kier alpha value is -1.09. The Labute approximate surface area is 83.3 Å². The maximum atomic E-state index is 13.2. The number of hydrogen-bond acceptors (Lipinski definition) is 2. The average Bonchev–Trinajstić information content (AvgIpc) is 2.16. The second-order valence-electron chi connectivity index (χ2n) is 3.26. The number of alkyl halides is 1. The van der Waals surface area contributed by atoms with E-state index in [4.69, 9.17) is 4.74 Å². The minimum absolute atomic E-state index is 0.442. The van der Waals surface area contributed by atoms with Crippen LogP contribution >= 0.6 is 0 Å². The molecule has 1 aromatic rings. The zero-order valence-corrected chi connectivity index (χ0v) is 8.62. The highest BCUT2D eigenvalue weighted by molar-refractivity contribution is 5.43. The lowest BCUT2D eigenvalue weighted by Crippen LogP contribution is -2.00. The summed E-state index contributed by atoms with van der Waals surface area (Å²) in [6.07, 6.45) is -1.74. The molecule has 0 aliphatic heterocycles. The standard InChI is InChI=1S/C11H15FO2/c1-7(12)9-5-4-6-10(8(2)13)11(9)14-3/h4-8,13H,1-3H3. The molecule has 0 radical (unpaired) electrons. The Kier molecular flexibility index (Phi) is 3.47. The van der Waals surface area contributed by atoms with E-state index < -0.39 is 12.3 Å². The van der Waals surface area contributed by atoms with Crippen molar-refractivity contribution in [2.45, 2.75) is 26.1 Å². The summed E-state index contributed by atoms with van der Waals surface area (Å²) < 4.78 is 18.3. The van der Waals surface area contributed by atoms with Crippen molar-refractivity contribution in [1.29, 1.82) is 0 Å². The molecule has 0 bridgehead atoms. The molecule has 14 heavy (non-hydrogen) atoms. The summed E-state index contributed by atoms with van der Waals surface area (Å²) in [4.78, 5) is 0. The van der Waals surface area contributed by atoms with Gasteiger partial charge in [0, 0.05) is 11.1 Å². The Balaban J connectivity index is 3.25. The normalized spacial score (nSPS) is 14.9. The first kappa shape index (κ1) is 11.0. The molecule has 0 fully saturated rings. The molecule has 78 valence electrons. The summed E-state index contributed by atoms with van der Waals surface area (Å²) >= 11 is 0. The number of halogens is 1. The topological polar surface area (TPSA) is 29.5 Å². The van der Waals surface area contributed by atoms with Gasteiger partial charge in [-0.1, -0.05) is 18.2 Å². The largest absolute Gasteiger partial charge is 0.496 e. The van der Waals surface area contributed by atoms with Crippen molar-refractivity contribution in [1.82, 2.24) is 0 Å². The van der Waals surface area contributed by atoms with Crippen molar-refractivity contribution < 1.29 is 14.2 Å². The van der Waals surface area contributed by atoms with E-state index in [1.807, 2.05) is 0 Å². The molecular weight excluding hydrogens is 183 g/mol. The van der Waals surface area contributed by atoms with Gasteiger partial charge >= 0.3 is 0 Å². The fourth-order valence-corrected chi connectivity index (χ4v) is 1.45. The van der Waals surface area contributed by atoms with E-state index in [0.717, 1.165) is 0 Å². The summed E-state index contributed by atoms with van der Waals surface area (Å²) in [7, 11) is 1.48. The van der Waals surface area contributed by atoms with Crippen LogP contribution in [0.2, 0.25) is 0 Å². The van der Waals surface area contributed by atoms with Crippen molar-refractivity contribution >= 4 is 0 Å². The van der Waals surface area contributed by atoms with E-state index in [2.05, 4.69) is 0 Å². The average molecular weight is 198 g/mol. The first-order valence-corrected chi connectivity index (χ1v) is 4.56. The number of methoxy groups -OCH3 is 1. The van der Waals surface area contributed by atoms with E-state index in [1.54, 1.807) is 25.1 Å². The zero-order chi connectivity index (χ0) is 10.7. The number of aliphatic hydroxyl groups is 1. The molecule has 1 N–H and O–H groups in total. The smallest absolute Gasteiger partial charge is 0.130 e. The molecule has 3 heteroatoms. The van der Waals surface area contributed by atoms with Crippen LogP contribution in [0.4, 0.5) is 4.39 Å². The minimum Gasteiger partial charge on any atom is -0.496 e. The fourth-order valence-electron chi connectivity index (χ4n) is 1.45. The van der Waals surface area contributed by atoms with Crippen molar-refractivity contribution in [2.24, 2.45) is 0 Å². The van der Waals surface area contributed by atoms with Crippen molar-refractivity contribution in [3.8, 4) is 5.75 Å². The molecule has 2 nitrogen and oxygen atoms in total. The van der Waals surface area contributed by atoms with Crippen molar-refractivity contribution in [3.05, 3.63) is 29.3 Å². The zero-order valence-electron chi connectivity index (χ0n) is 8.62. The SMILES string of the molecule is COc1c(C(C)O)cccc1C(C)F. The number of ether oxygens (including phenoxy) is 1. The molecular formula is C11H15FO2. The van der Waals surface area contributed by atoms with Gasteiger partial charge in [-0.3, -0.25) is 0 Å². The monoisotopic (exact) mass is 198 g/mol. The van der Waals surface area contributed by atoms with E-state index >= 15 is 0 Å². The fraction of sp³-hybridized carbons (Fsp3) is 0.455. The number of aliphatic hydroxyl groups excluding tert-OH is 1. The molecule has 1 aromatic carbocycles. The Morgan fingerprint density at radius 2 is 1.86 bits per heavy atom. The van der Waals surface area contributed by atoms with Crippen LogP contribution < -0.4 is 4.74 Å². The molecule has 0 aromatic heterocycles.